The SMILES string of the molecule is Nc1ccc(S[C@@H]2CC(=O)N(c3ccccc3C(F)(F)F)C2=O)cc1. The number of nitrogens with two attached hydrogens (primary N) is 1. The molecule has 1 aliphatic rings. The highest BCUT2D eigenvalue weighted by Gasteiger charge is 2.44. The van der Waals surface area contributed by atoms with Crippen LogP contribution in [0, 0.1) is 0 Å². The topological polar surface area (TPSA) is 63.4 Å². The van der Waals surface area contributed by atoms with Crippen LogP contribution in [0.25, 0.3) is 0 Å². The van der Waals surface area contributed by atoms with E-state index in [1.54, 1.807) is 24.3 Å². The van der Waals surface area contributed by atoms with Gasteiger partial charge < -0.3 is 5.73 Å². The summed E-state index contributed by atoms with van der Waals surface area (Å²) < 4.78 is 39.5. The van der Waals surface area contributed by atoms with Crippen molar-refractivity contribution in [3.05, 3.63) is 54.1 Å². The lowest BCUT2D eigenvalue weighted by atomic mass is 10.1. The number of amides is 2. The summed E-state index contributed by atoms with van der Waals surface area (Å²) in [7, 11) is 0. The highest BCUT2D eigenvalue weighted by Crippen LogP contribution is 2.40. The van der Waals surface area contributed by atoms with Crippen molar-refractivity contribution in [1.82, 2.24) is 0 Å². The molecule has 0 saturated carbocycles. The van der Waals surface area contributed by atoms with E-state index in [0.717, 1.165) is 23.9 Å². The number of halogens is 3. The van der Waals surface area contributed by atoms with E-state index in [-0.39, 0.29) is 6.42 Å². The van der Waals surface area contributed by atoms with E-state index in [1.165, 1.54) is 12.1 Å². The van der Waals surface area contributed by atoms with Crippen LogP contribution in [-0.2, 0) is 15.8 Å². The summed E-state index contributed by atoms with van der Waals surface area (Å²) in [6.45, 7) is 0. The van der Waals surface area contributed by atoms with Crippen molar-refractivity contribution in [1.29, 1.82) is 0 Å². The van der Waals surface area contributed by atoms with Crippen LogP contribution in [0.1, 0.15) is 12.0 Å². The minimum Gasteiger partial charge on any atom is -0.399 e. The van der Waals surface area contributed by atoms with Crippen molar-refractivity contribution in [2.45, 2.75) is 22.7 Å². The third-order valence-corrected chi connectivity index (χ3v) is 4.91. The number of carbonyl (C=O) groups is 2. The van der Waals surface area contributed by atoms with Gasteiger partial charge in [-0.25, -0.2) is 4.90 Å². The molecule has 2 aromatic carbocycles. The van der Waals surface area contributed by atoms with E-state index < -0.39 is 34.5 Å². The Bertz CT molecular complexity index is 821. The number of nitrogen functional groups attached to an aromatic ring is 1. The first-order valence-corrected chi connectivity index (χ1v) is 8.20. The van der Waals surface area contributed by atoms with E-state index in [0.29, 0.717) is 15.5 Å². The average Bonchev–Trinajstić information content (AvgIpc) is 2.83. The second-order valence-corrected chi connectivity index (χ2v) is 6.74. The summed E-state index contributed by atoms with van der Waals surface area (Å²) in [5.41, 5.74) is 4.72. The number of nitrogens with zero attached hydrogens (tertiary/aromatic N) is 1. The number of anilines is 2. The number of imide groups is 1. The summed E-state index contributed by atoms with van der Waals surface area (Å²) in [6, 6.07) is 11.3. The Balaban J connectivity index is 1.89. The van der Waals surface area contributed by atoms with E-state index in [4.69, 9.17) is 5.73 Å². The van der Waals surface area contributed by atoms with Gasteiger partial charge in [-0.15, -0.1) is 11.8 Å². The molecule has 3 rings (SSSR count). The lowest BCUT2D eigenvalue weighted by molar-refractivity contribution is -0.137. The molecule has 8 heteroatoms. The molecule has 1 fully saturated rings. The van der Waals surface area contributed by atoms with Crippen LogP contribution in [0.4, 0.5) is 24.5 Å². The number of hydrogen-bond donors (Lipinski definition) is 1. The number of benzene rings is 2. The van der Waals surface area contributed by atoms with E-state index in [1.807, 2.05) is 0 Å². The lowest BCUT2D eigenvalue weighted by Gasteiger charge is -2.20. The Kier molecular flexibility index (Phi) is 4.47. The number of alkyl halides is 3. The first kappa shape index (κ1) is 17.3. The fraction of sp³-hybridized carbons (Fsp3) is 0.176. The summed E-state index contributed by atoms with van der Waals surface area (Å²) in [4.78, 5) is 26.1. The van der Waals surface area contributed by atoms with Gasteiger partial charge in [0.05, 0.1) is 16.5 Å². The lowest BCUT2D eigenvalue weighted by Crippen LogP contribution is -2.33. The molecule has 2 aromatic rings. The van der Waals surface area contributed by atoms with Crippen LogP contribution in [-0.4, -0.2) is 17.1 Å². The summed E-state index contributed by atoms with van der Waals surface area (Å²) >= 11 is 1.13. The van der Waals surface area contributed by atoms with E-state index in [9.17, 15) is 22.8 Å². The molecule has 0 aromatic heterocycles. The molecule has 0 aliphatic carbocycles. The highest BCUT2D eigenvalue weighted by atomic mass is 32.2. The van der Waals surface area contributed by atoms with Gasteiger partial charge in [-0.05, 0) is 36.4 Å². The molecule has 1 atom stereocenters. The third-order valence-electron chi connectivity index (χ3n) is 3.71. The molecule has 130 valence electrons. The van der Waals surface area contributed by atoms with E-state index in [2.05, 4.69) is 0 Å². The third kappa shape index (κ3) is 3.48. The predicted molar refractivity (Wildman–Crippen MR) is 89.1 cm³/mol. The Hall–Kier alpha value is -2.48. The first-order valence-electron chi connectivity index (χ1n) is 7.32. The second kappa shape index (κ2) is 6.44. The zero-order chi connectivity index (χ0) is 18.2. The normalized spacial score (nSPS) is 18.0. The molecular weight excluding hydrogens is 353 g/mol. The fourth-order valence-electron chi connectivity index (χ4n) is 2.57. The number of thioether (sulfide) groups is 1. The van der Waals surface area contributed by atoms with Gasteiger partial charge in [-0.2, -0.15) is 13.2 Å². The molecule has 0 unspecified atom stereocenters. The largest absolute Gasteiger partial charge is 0.418 e. The maximum atomic E-state index is 13.2. The highest BCUT2D eigenvalue weighted by molar-refractivity contribution is 8.00. The van der Waals surface area contributed by atoms with Gasteiger partial charge in [0.25, 0.3) is 0 Å². The summed E-state index contributed by atoms with van der Waals surface area (Å²) in [5.74, 6) is -1.29. The quantitative estimate of drug-likeness (QED) is 0.664. The molecule has 4 nitrogen and oxygen atoms in total. The Morgan fingerprint density at radius 3 is 2.32 bits per heavy atom. The van der Waals surface area contributed by atoms with Crippen LogP contribution in [0.5, 0.6) is 0 Å². The van der Waals surface area contributed by atoms with Gasteiger partial charge >= 0.3 is 6.18 Å². The minimum atomic E-state index is -4.65. The molecule has 1 saturated heterocycles. The second-order valence-electron chi connectivity index (χ2n) is 5.46. The first-order chi connectivity index (χ1) is 11.8. The number of para-hydroxylation sites is 1. The number of carbonyl (C=O) groups excluding carboxylic acids is 2. The van der Waals surface area contributed by atoms with Gasteiger partial charge in [0.1, 0.15) is 0 Å². The van der Waals surface area contributed by atoms with E-state index >= 15 is 0 Å². The van der Waals surface area contributed by atoms with Crippen LogP contribution < -0.4 is 10.6 Å². The van der Waals surface area contributed by atoms with Crippen molar-refractivity contribution in [2.24, 2.45) is 0 Å². The molecule has 1 heterocycles. The molecular formula is C17H13F3N2O2S. The molecule has 0 radical (unpaired) electrons. The standard InChI is InChI=1S/C17H13F3N2O2S/c18-17(19,20)12-3-1-2-4-13(12)22-15(23)9-14(16(22)24)25-11-7-5-10(21)6-8-11/h1-8,14H,9,21H2/t14-/m1/s1. The molecule has 1 aliphatic heterocycles. The van der Waals surface area contributed by atoms with Gasteiger partial charge in [-0.3, -0.25) is 9.59 Å². The van der Waals surface area contributed by atoms with Crippen LogP contribution in [0.2, 0.25) is 0 Å². The molecule has 0 spiro atoms. The Morgan fingerprint density at radius 1 is 1.04 bits per heavy atom. The average molecular weight is 366 g/mol. The zero-order valence-corrected chi connectivity index (χ0v) is 13.6. The van der Waals surface area contributed by atoms with Gasteiger partial charge in [0.15, 0.2) is 0 Å². The Morgan fingerprint density at radius 2 is 1.68 bits per heavy atom. The fourth-order valence-corrected chi connectivity index (χ4v) is 3.62. The smallest absolute Gasteiger partial charge is 0.399 e. The maximum absolute atomic E-state index is 13.2. The number of rotatable bonds is 3. The van der Waals surface area contributed by atoms with Crippen molar-refractivity contribution in [2.75, 3.05) is 10.6 Å². The van der Waals surface area contributed by atoms with Crippen molar-refractivity contribution in [3.63, 3.8) is 0 Å². The molecule has 0 bridgehead atoms. The maximum Gasteiger partial charge on any atom is 0.418 e. The summed E-state index contributed by atoms with van der Waals surface area (Å²) in [6.07, 6.45) is -4.81. The predicted octanol–water partition coefficient (Wildman–Crippen LogP) is 3.71. The monoisotopic (exact) mass is 366 g/mol. The molecule has 2 N–H and O–H groups in total. The van der Waals surface area contributed by atoms with Gasteiger partial charge in [0.2, 0.25) is 11.8 Å². The van der Waals surface area contributed by atoms with Gasteiger partial charge in [-0.1, -0.05) is 12.1 Å². The van der Waals surface area contributed by atoms with Crippen molar-refractivity contribution >= 4 is 35.0 Å². The van der Waals surface area contributed by atoms with Crippen LogP contribution in [0.3, 0.4) is 0 Å². The summed E-state index contributed by atoms with van der Waals surface area (Å²) in [5, 5.41) is -0.766. The molecule has 2 amide bonds. The Labute approximate surface area is 145 Å². The van der Waals surface area contributed by atoms with Crippen LogP contribution in [0.15, 0.2) is 53.4 Å². The van der Waals surface area contributed by atoms with Crippen molar-refractivity contribution in [3.8, 4) is 0 Å². The molecule has 25 heavy (non-hydrogen) atoms. The zero-order valence-electron chi connectivity index (χ0n) is 12.8. The van der Waals surface area contributed by atoms with Crippen LogP contribution >= 0.6 is 11.8 Å². The minimum absolute atomic E-state index is 0.153. The van der Waals surface area contributed by atoms with Gasteiger partial charge in [0, 0.05) is 17.0 Å². The van der Waals surface area contributed by atoms with Crippen molar-refractivity contribution < 1.29 is 22.8 Å². The number of hydrogen-bond acceptors (Lipinski definition) is 4.